The number of anilines is 1. The lowest BCUT2D eigenvalue weighted by Gasteiger charge is -2.37. The molecule has 4 aliphatic rings. The number of carbonyl (C=O) groups excluding carboxylic acids is 2. The first-order valence-corrected chi connectivity index (χ1v) is 12.6. The average molecular weight is 457 g/mol. The Kier molecular flexibility index (Phi) is 6.56. The standard InChI is InChI=1S/C25H36N4O4/c1-27(13-14-28-11-3-2-4-12-28)23(30)19-5-8-25(9-6-19)20-7-10-26-22(21(20)24(31)33-25)29-15-17-32-18-16-29/h7,10,19H,2-6,8-9,11-18H2,1H3/t19-,25-. The van der Waals surface area contributed by atoms with Crippen molar-refractivity contribution in [3.63, 3.8) is 0 Å². The van der Waals surface area contributed by atoms with Gasteiger partial charge in [-0.2, -0.15) is 0 Å². The summed E-state index contributed by atoms with van der Waals surface area (Å²) in [5.41, 5.74) is 0.954. The fourth-order valence-electron chi connectivity index (χ4n) is 5.93. The molecule has 1 aromatic rings. The van der Waals surface area contributed by atoms with E-state index in [-0.39, 0.29) is 17.8 Å². The van der Waals surface area contributed by atoms with E-state index in [9.17, 15) is 9.59 Å². The minimum absolute atomic E-state index is 0.00489. The van der Waals surface area contributed by atoms with E-state index in [1.54, 1.807) is 6.20 Å². The molecule has 0 bridgehead atoms. The van der Waals surface area contributed by atoms with E-state index in [1.165, 1.54) is 19.3 Å². The molecule has 4 heterocycles. The Morgan fingerprint density at radius 1 is 1.15 bits per heavy atom. The summed E-state index contributed by atoms with van der Waals surface area (Å²) < 4.78 is 11.5. The summed E-state index contributed by atoms with van der Waals surface area (Å²) >= 11 is 0. The maximum absolute atomic E-state index is 13.1. The van der Waals surface area contributed by atoms with Crippen LogP contribution in [0.2, 0.25) is 0 Å². The topological polar surface area (TPSA) is 75.2 Å². The fraction of sp³-hybridized carbons (Fsp3) is 0.720. The quantitative estimate of drug-likeness (QED) is 0.630. The van der Waals surface area contributed by atoms with Crippen LogP contribution < -0.4 is 4.90 Å². The largest absolute Gasteiger partial charge is 0.450 e. The number of aromatic nitrogens is 1. The number of amides is 1. The molecule has 0 radical (unpaired) electrons. The lowest BCUT2D eigenvalue weighted by Crippen LogP contribution is -2.43. The number of morpholine rings is 1. The van der Waals surface area contributed by atoms with Gasteiger partial charge in [-0.1, -0.05) is 6.42 Å². The van der Waals surface area contributed by atoms with E-state index in [4.69, 9.17) is 9.47 Å². The Bertz CT molecular complexity index is 871. The van der Waals surface area contributed by atoms with Crippen molar-refractivity contribution < 1.29 is 19.1 Å². The minimum Gasteiger partial charge on any atom is -0.450 e. The maximum Gasteiger partial charge on any atom is 0.343 e. The number of fused-ring (bicyclic) bond motifs is 2. The van der Waals surface area contributed by atoms with Crippen molar-refractivity contribution in [3.05, 3.63) is 23.4 Å². The van der Waals surface area contributed by atoms with E-state index < -0.39 is 5.60 Å². The molecule has 0 atom stereocenters. The Balaban J connectivity index is 1.23. The molecule has 3 aliphatic heterocycles. The summed E-state index contributed by atoms with van der Waals surface area (Å²) in [5, 5.41) is 0. The first-order valence-electron chi connectivity index (χ1n) is 12.6. The zero-order valence-corrected chi connectivity index (χ0v) is 19.8. The Hall–Kier alpha value is -2.19. The lowest BCUT2D eigenvalue weighted by molar-refractivity contribution is -0.137. The molecule has 5 rings (SSSR count). The molecular weight excluding hydrogens is 420 g/mol. The Morgan fingerprint density at radius 3 is 2.61 bits per heavy atom. The summed E-state index contributed by atoms with van der Waals surface area (Å²) in [5.74, 6) is 0.678. The molecule has 8 heteroatoms. The number of likely N-dealkylation sites (tertiary alicyclic amines) is 1. The highest BCUT2D eigenvalue weighted by Crippen LogP contribution is 2.49. The third-order valence-corrected chi connectivity index (χ3v) is 7.94. The van der Waals surface area contributed by atoms with Gasteiger partial charge < -0.3 is 24.2 Å². The Morgan fingerprint density at radius 2 is 1.88 bits per heavy atom. The van der Waals surface area contributed by atoms with Crippen molar-refractivity contribution in [2.75, 3.05) is 64.4 Å². The highest BCUT2D eigenvalue weighted by atomic mass is 16.6. The van der Waals surface area contributed by atoms with E-state index in [2.05, 4.69) is 14.8 Å². The van der Waals surface area contributed by atoms with Gasteiger partial charge in [0, 0.05) is 50.9 Å². The number of piperidine rings is 1. The van der Waals surface area contributed by atoms with Crippen LogP contribution in [-0.4, -0.2) is 86.2 Å². The third-order valence-electron chi connectivity index (χ3n) is 7.94. The van der Waals surface area contributed by atoms with Crippen LogP contribution in [0.25, 0.3) is 0 Å². The van der Waals surface area contributed by atoms with Gasteiger partial charge in [-0.25, -0.2) is 9.78 Å². The summed E-state index contributed by atoms with van der Waals surface area (Å²) in [7, 11) is 1.93. The molecule has 1 aliphatic carbocycles. The second-order valence-corrected chi connectivity index (χ2v) is 9.98. The van der Waals surface area contributed by atoms with Crippen molar-refractivity contribution in [2.24, 2.45) is 5.92 Å². The highest BCUT2D eigenvalue weighted by Gasteiger charge is 2.50. The van der Waals surface area contributed by atoms with Gasteiger partial charge >= 0.3 is 5.97 Å². The molecule has 0 N–H and O–H groups in total. The first-order chi connectivity index (χ1) is 16.1. The minimum atomic E-state index is -0.612. The summed E-state index contributed by atoms with van der Waals surface area (Å²) in [6.45, 7) is 6.78. The van der Waals surface area contributed by atoms with Crippen LogP contribution in [-0.2, 0) is 19.9 Å². The van der Waals surface area contributed by atoms with Crippen molar-refractivity contribution >= 4 is 17.7 Å². The van der Waals surface area contributed by atoms with Crippen LogP contribution >= 0.6 is 0 Å². The van der Waals surface area contributed by atoms with Crippen LogP contribution in [0.15, 0.2) is 12.3 Å². The molecule has 1 amide bonds. The predicted octanol–water partition coefficient (Wildman–Crippen LogP) is 2.42. The van der Waals surface area contributed by atoms with Crippen LogP contribution in [0.4, 0.5) is 5.82 Å². The molecule has 8 nitrogen and oxygen atoms in total. The Labute approximate surface area is 196 Å². The number of nitrogens with zero attached hydrogens (tertiary/aromatic N) is 4. The monoisotopic (exact) mass is 456 g/mol. The van der Waals surface area contributed by atoms with Crippen molar-refractivity contribution in [1.29, 1.82) is 0 Å². The van der Waals surface area contributed by atoms with Crippen LogP contribution in [0.3, 0.4) is 0 Å². The number of pyridine rings is 1. The van der Waals surface area contributed by atoms with Crippen molar-refractivity contribution in [1.82, 2.24) is 14.8 Å². The van der Waals surface area contributed by atoms with Crippen LogP contribution in [0.5, 0.6) is 0 Å². The lowest BCUT2D eigenvalue weighted by atomic mass is 9.74. The number of hydrogen-bond acceptors (Lipinski definition) is 7. The number of carbonyl (C=O) groups is 2. The number of hydrogen-bond donors (Lipinski definition) is 0. The summed E-state index contributed by atoms with van der Waals surface area (Å²) in [6.07, 6.45) is 8.52. The summed E-state index contributed by atoms with van der Waals surface area (Å²) in [4.78, 5) is 37.1. The van der Waals surface area contributed by atoms with Gasteiger partial charge in [0.25, 0.3) is 0 Å². The second kappa shape index (κ2) is 9.58. The molecular formula is C25H36N4O4. The number of ether oxygens (including phenoxy) is 2. The van der Waals surface area contributed by atoms with Crippen LogP contribution in [0.1, 0.15) is 60.9 Å². The molecule has 3 fully saturated rings. The molecule has 180 valence electrons. The number of likely N-dealkylation sites (N-methyl/N-ethyl adjacent to an activating group) is 1. The SMILES string of the molecule is CN(CCN1CCCCC1)C(=O)[C@H]1CC[C@@]2(CC1)OC(=O)c1c(N3CCOCC3)nccc12. The first kappa shape index (κ1) is 22.6. The molecule has 1 saturated carbocycles. The van der Waals surface area contributed by atoms with E-state index in [1.807, 2.05) is 18.0 Å². The molecule has 1 aromatic heterocycles. The zero-order chi connectivity index (χ0) is 22.8. The molecule has 33 heavy (non-hydrogen) atoms. The van der Waals surface area contributed by atoms with E-state index in [0.29, 0.717) is 37.4 Å². The number of esters is 1. The molecule has 2 saturated heterocycles. The molecule has 0 aromatic carbocycles. The average Bonchev–Trinajstić information content (AvgIpc) is 3.15. The fourth-order valence-corrected chi connectivity index (χ4v) is 5.93. The third kappa shape index (κ3) is 4.47. The maximum atomic E-state index is 13.1. The predicted molar refractivity (Wildman–Crippen MR) is 124 cm³/mol. The van der Waals surface area contributed by atoms with Gasteiger partial charge in [0.2, 0.25) is 5.91 Å². The van der Waals surface area contributed by atoms with Gasteiger partial charge in [-0.05, 0) is 57.7 Å². The van der Waals surface area contributed by atoms with Gasteiger partial charge in [0.1, 0.15) is 17.0 Å². The van der Waals surface area contributed by atoms with Crippen molar-refractivity contribution in [3.8, 4) is 0 Å². The molecule has 0 unspecified atom stereocenters. The molecule has 1 spiro atoms. The van der Waals surface area contributed by atoms with Crippen LogP contribution in [0, 0.1) is 5.92 Å². The van der Waals surface area contributed by atoms with E-state index >= 15 is 0 Å². The smallest absolute Gasteiger partial charge is 0.343 e. The summed E-state index contributed by atoms with van der Waals surface area (Å²) in [6, 6.07) is 1.94. The number of rotatable bonds is 5. The van der Waals surface area contributed by atoms with Gasteiger partial charge in [-0.15, -0.1) is 0 Å². The zero-order valence-electron chi connectivity index (χ0n) is 19.8. The van der Waals surface area contributed by atoms with E-state index in [0.717, 1.165) is 57.7 Å². The second-order valence-electron chi connectivity index (χ2n) is 9.98. The van der Waals surface area contributed by atoms with Crippen molar-refractivity contribution in [2.45, 2.75) is 50.5 Å². The van der Waals surface area contributed by atoms with Gasteiger partial charge in [0.05, 0.1) is 13.2 Å². The van der Waals surface area contributed by atoms with Gasteiger partial charge in [-0.3, -0.25) is 4.79 Å². The highest BCUT2D eigenvalue weighted by molar-refractivity contribution is 5.99. The van der Waals surface area contributed by atoms with Gasteiger partial charge in [0.15, 0.2) is 0 Å². The normalized spacial score (nSPS) is 28.0.